The van der Waals surface area contributed by atoms with Crippen LogP contribution in [-0.2, 0) is 14.4 Å². The lowest BCUT2D eigenvalue weighted by atomic mass is 9.84. The Morgan fingerprint density at radius 2 is 1.67 bits per heavy atom. The van der Waals surface area contributed by atoms with Crippen molar-refractivity contribution >= 4 is 29.0 Å². The molecule has 1 aliphatic carbocycles. The molecule has 0 radical (unpaired) electrons. The van der Waals surface area contributed by atoms with Crippen molar-refractivity contribution in [1.29, 1.82) is 0 Å². The summed E-state index contributed by atoms with van der Waals surface area (Å²) in [6.07, 6.45) is 3.80. The van der Waals surface area contributed by atoms with Gasteiger partial charge in [0.05, 0.1) is 11.6 Å². The van der Waals surface area contributed by atoms with Crippen LogP contribution in [0.3, 0.4) is 0 Å². The Morgan fingerprint density at radius 1 is 0.929 bits per heavy atom. The van der Waals surface area contributed by atoms with E-state index in [-0.39, 0.29) is 30.5 Å². The third-order valence-corrected chi connectivity index (χ3v) is 7.78. The molecule has 212 valence electrons. The summed E-state index contributed by atoms with van der Waals surface area (Å²) in [5.74, 6) is -2.06. The average Bonchev–Trinajstić information content (AvgIpc) is 3.69. The molecule has 1 fully saturated rings. The number of carbonyl (C=O) groups excluding carboxylic acids is 3. The van der Waals surface area contributed by atoms with Crippen molar-refractivity contribution in [2.45, 2.75) is 38.0 Å². The molecule has 1 atom stereocenters. The Labute approximate surface area is 241 Å². The molecule has 1 saturated carbocycles. The first-order valence-electron chi connectivity index (χ1n) is 14.0. The van der Waals surface area contributed by atoms with Crippen molar-refractivity contribution in [2.24, 2.45) is 11.0 Å². The van der Waals surface area contributed by atoms with Crippen molar-refractivity contribution in [3.8, 4) is 11.4 Å². The third kappa shape index (κ3) is 5.69. The van der Waals surface area contributed by atoms with Crippen LogP contribution in [0.15, 0.2) is 93.3 Å². The van der Waals surface area contributed by atoms with Crippen molar-refractivity contribution in [1.82, 2.24) is 15.1 Å². The van der Waals surface area contributed by atoms with Crippen LogP contribution < -0.4 is 11.1 Å². The molecular weight excluding hydrogens is 534 g/mol. The van der Waals surface area contributed by atoms with Gasteiger partial charge in [-0.2, -0.15) is 5.10 Å². The van der Waals surface area contributed by atoms with Gasteiger partial charge < -0.3 is 5.32 Å². The third-order valence-electron chi connectivity index (χ3n) is 7.78. The molecule has 3 aromatic carbocycles. The van der Waals surface area contributed by atoms with Gasteiger partial charge in [0.2, 0.25) is 5.91 Å². The number of anilines is 1. The van der Waals surface area contributed by atoms with Gasteiger partial charge in [-0.1, -0.05) is 84.7 Å². The number of carbonyl (C=O) groups is 3. The number of H-pyrrole nitrogens is 1. The van der Waals surface area contributed by atoms with Crippen molar-refractivity contribution in [2.75, 3.05) is 11.9 Å². The highest BCUT2D eigenvalue weighted by Crippen LogP contribution is 2.35. The number of hydrazone groups is 1. The first-order chi connectivity index (χ1) is 20.5. The molecule has 2 aliphatic rings. The summed E-state index contributed by atoms with van der Waals surface area (Å²) in [7, 11) is 0. The summed E-state index contributed by atoms with van der Waals surface area (Å²) < 4.78 is 4.58. The van der Waals surface area contributed by atoms with Gasteiger partial charge in [-0.15, -0.1) is 0 Å². The van der Waals surface area contributed by atoms with E-state index in [1.807, 2.05) is 54.6 Å². The maximum Gasteiger partial charge on any atom is 0.439 e. The number of ketones is 1. The lowest BCUT2D eigenvalue weighted by Gasteiger charge is -2.22. The van der Waals surface area contributed by atoms with Crippen LogP contribution in [0.1, 0.15) is 54.7 Å². The Hall–Kier alpha value is -5.12. The van der Waals surface area contributed by atoms with Gasteiger partial charge in [-0.25, -0.2) is 9.80 Å². The zero-order valence-corrected chi connectivity index (χ0v) is 22.8. The van der Waals surface area contributed by atoms with Crippen LogP contribution in [0.2, 0.25) is 0 Å². The van der Waals surface area contributed by atoms with Crippen LogP contribution in [0.25, 0.3) is 11.4 Å². The molecule has 0 saturated heterocycles. The Balaban J connectivity index is 1.32. The highest BCUT2D eigenvalue weighted by Gasteiger charge is 2.36. The van der Waals surface area contributed by atoms with Gasteiger partial charge in [-0.3, -0.25) is 23.9 Å². The Bertz CT molecular complexity index is 1720. The van der Waals surface area contributed by atoms with Crippen LogP contribution >= 0.6 is 0 Å². The van der Waals surface area contributed by atoms with Gasteiger partial charge in [-0.05, 0) is 30.5 Å². The number of Topliss-reactive ketones (excluding diaryl/α,β-unsaturated/α-hetero) is 1. The molecule has 6 rings (SSSR count). The molecule has 1 aromatic heterocycles. The molecular formula is C32H29N5O5. The second-order valence-electron chi connectivity index (χ2n) is 10.6. The first-order valence-corrected chi connectivity index (χ1v) is 14.0. The van der Waals surface area contributed by atoms with Gasteiger partial charge in [0.15, 0.2) is 5.82 Å². The Morgan fingerprint density at radius 3 is 2.43 bits per heavy atom. The molecule has 2 heterocycles. The van der Waals surface area contributed by atoms with E-state index in [1.54, 1.807) is 24.3 Å². The number of hydrogen-bond acceptors (Lipinski definition) is 7. The molecule has 2 amide bonds. The number of rotatable bonds is 8. The largest absolute Gasteiger partial charge is 0.439 e. The lowest BCUT2D eigenvalue weighted by molar-refractivity contribution is -0.137. The van der Waals surface area contributed by atoms with Gasteiger partial charge >= 0.3 is 5.76 Å². The second-order valence-corrected chi connectivity index (χ2v) is 10.6. The fourth-order valence-corrected chi connectivity index (χ4v) is 5.72. The molecule has 10 nitrogen and oxygen atoms in total. The second kappa shape index (κ2) is 11.8. The van der Waals surface area contributed by atoms with E-state index in [4.69, 9.17) is 5.10 Å². The normalized spacial score (nSPS) is 17.0. The highest BCUT2D eigenvalue weighted by atomic mass is 16.5. The molecule has 0 spiro atoms. The van der Waals surface area contributed by atoms with E-state index in [2.05, 4.69) is 20.0 Å². The predicted octanol–water partition coefficient (Wildman–Crippen LogP) is 4.50. The number of nitrogens with one attached hydrogen (secondary N) is 2. The lowest BCUT2D eigenvalue weighted by Crippen LogP contribution is -2.37. The minimum absolute atomic E-state index is 0.0357. The van der Waals surface area contributed by atoms with E-state index in [9.17, 15) is 19.2 Å². The highest BCUT2D eigenvalue weighted by molar-refractivity contribution is 6.16. The number of fused-ring (bicyclic) bond motifs is 1. The summed E-state index contributed by atoms with van der Waals surface area (Å²) in [6, 6.07) is 23.7. The van der Waals surface area contributed by atoms with Gasteiger partial charge in [0, 0.05) is 34.7 Å². The molecule has 4 aromatic rings. The zero-order valence-electron chi connectivity index (χ0n) is 22.8. The monoisotopic (exact) mass is 563 g/mol. The van der Waals surface area contributed by atoms with Gasteiger partial charge in [0.1, 0.15) is 12.3 Å². The van der Waals surface area contributed by atoms with Crippen molar-refractivity contribution in [3.63, 3.8) is 0 Å². The van der Waals surface area contributed by atoms with Crippen LogP contribution in [0.5, 0.6) is 0 Å². The van der Waals surface area contributed by atoms with Crippen molar-refractivity contribution < 1.29 is 18.9 Å². The van der Waals surface area contributed by atoms with E-state index < -0.39 is 23.5 Å². The maximum atomic E-state index is 14.1. The SMILES string of the molecule is O=C(CN1N=C(c2ccccc2)c2ccccc2C(CC(=O)C2CCCC2)C1=O)Nc1cccc(-c2noc(=O)[nH]2)c1. The van der Waals surface area contributed by atoms with E-state index in [0.717, 1.165) is 42.4 Å². The summed E-state index contributed by atoms with van der Waals surface area (Å²) in [6.45, 7) is -0.359. The quantitative estimate of drug-likeness (QED) is 0.324. The minimum Gasteiger partial charge on any atom is -0.324 e. The molecule has 2 N–H and O–H groups in total. The first kappa shape index (κ1) is 27.1. The van der Waals surface area contributed by atoms with Crippen LogP contribution in [-0.4, -0.2) is 45.0 Å². The summed E-state index contributed by atoms with van der Waals surface area (Å²) in [5.41, 5.74) is 3.81. The Kier molecular flexibility index (Phi) is 7.59. The summed E-state index contributed by atoms with van der Waals surface area (Å²) in [4.78, 5) is 54.6. The standard InChI is InChI=1S/C32H29N5O5/c38-27(20-9-4-5-10-20)18-26-24-15-6-7-16-25(24)29(21-11-2-1-3-12-21)35-37(31(26)40)19-28(39)33-23-14-8-13-22(17-23)30-34-32(41)42-36-30/h1-3,6-8,11-17,20,26H,4-5,9-10,18-19H2,(H,33,39)(H,34,36,41). The smallest absolute Gasteiger partial charge is 0.324 e. The average molecular weight is 564 g/mol. The fraction of sp³-hybridized carbons (Fsp3) is 0.250. The number of hydrogen-bond donors (Lipinski definition) is 2. The van der Waals surface area contributed by atoms with Crippen LogP contribution in [0.4, 0.5) is 5.69 Å². The van der Waals surface area contributed by atoms with E-state index in [0.29, 0.717) is 17.0 Å². The van der Waals surface area contributed by atoms with Crippen LogP contribution in [0, 0.1) is 5.92 Å². The number of amides is 2. The number of nitrogens with zero attached hydrogens (tertiary/aromatic N) is 3. The zero-order chi connectivity index (χ0) is 29.1. The summed E-state index contributed by atoms with van der Waals surface area (Å²) in [5, 5.41) is 12.4. The molecule has 42 heavy (non-hydrogen) atoms. The summed E-state index contributed by atoms with van der Waals surface area (Å²) >= 11 is 0. The van der Waals surface area contributed by atoms with E-state index in [1.165, 1.54) is 5.01 Å². The van der Waals surface area contributed by atoms with Gasteiger partial charge in [0.25, 0.3) is 5.91 Å². The topological polar surface area (TPSA) is 138 Å². The van der Waals surface area contributed by atoms with Crippen molar-refractivity contribution in [3.05, 3.63) is 106 Å². The molecule has 1 unspecified atom stereocenters. The molecule has 10 heteroatoms. The molecule has 1 aliphatic heterocycles. The molecule has 0 bridgehead atoms. The number of aromatic nitrogens is 2. The van der Waals surface area contributed by atoms with E-state index >= 15 is 0 Å². The predicted molar refractivity (Wildman–Crippen MR) is 156 cm³/mol. The number of benzene rings is 3. The fourth-order valence-electron chi connectivity index (χ4n) is 5.72. The number of aromatic amines is 1. The minimum atomic E-state index is -0.764. The maximum absolute atomic E-state index is 14.1.